The Kier molecular flexibility index (Phi) is 3.74. The summed E-state index contributed by atoms with van der Waals surface area (Å²) in [6, 6.07) is 8.04. The molecular formula is C17H25NO2. The van der Waals surface area contributed by atoms with Gasteiger partial charge in [0.05, 0.1) is 12.7 Å². The van der Waals surface area contributed by atoms with Crippen LogP contribution in [0.4, 0.5) is 0 Å². The smallest absolute Gasteiger partial charge is 0.118 e. The molecule has 1 unspecified atom stereocenters. The second kappa shape index (κ2) is 5.38. The molecule has 1 saturated carbocycles. The minimum atomic E-state index is -0.631. The zero-order valence-electron chi connectivity index (χ0n) is 12.5. The van der Waals surface area contributed by atoms with E-state index in [0.717, 1.165) is 50.1 Å². The summed E-state index contributed by atoms with van der Waals surface area (Å²) in [6.45, 7) is 2.19. The van der Waals surface area contributed by atoms with Gasteiger partial charge in [0.15, 0.2) is 0 Å². The molecule has 1 atom stereocenters. The molecule has 3 heteroatoms. The fraction of sp³-hybridized carbons (Fsp3) is 0.647. The number of likely N-dealkylation sites (tertiary alicyclic amines) is 1. The van der Waals surface area contributed by atoms with Gasteiger partial charge in [0.2, 0.25) is 0 Å². The van der Waals surface area contributed by atoms with Crippen molar-refractivity contribution in [1.82, 2.24) is 4.90 Å². The van der Waals surface area contributed by atoms with E-state index >= 15 is 0 Å². The number of methoxy groups -OCH3 is 1. The van der Waals surface area contributed by atoms with Crippen molar-refractivity contribution >= 4 is 0 Å². The van der Waals surface area contributed by atoms with E-state index in [-0.39, 0.29) is 0 Å². The van der Waals surface area contributed by atoms with Gasteiger partial charge in [0.25, 0.3) is 0 Å². The molecule has 2 aliphatic rings. The number of piperidine rings is 1. The molecule has 3 nitrogen and oxygen atoms in total. The molecule has 1 aliphatic heterocycles. The molecule has 1 heterocycles. The molecule has 20 heavy (non-hydrogen) atoms. The Morgan fingerprint density at radius 1 is 1.05 bits per heavy atom. The Labute approximate surface area is 121 Å². The zero-order valence-corrected chi connectivity index (χ0v) is 12.5. The number of ether oxygens (including phenoxy) is 1. The third-order valence-electron chi connectivity index (χ3n) is 5.09. The van der Waals surface area contributed by atoms with Crippen molar-refractivity contribution in [3.05, 3.63) is 29.8 Å². The fourth-order valence-corrected chi connectivity index (χ4v) is 3.63. The normalized spacial score (nSPS) is 24.4. The number of rotatable bonds is 4. The molecule has 0 amide bonds. The Bertz CT molecular complexity index is 447. The summed E-state index contributed by atoms with van der Waals surface area (Å²) < 4.78 is 5.23. The first kappa shape index (κ1) is 13.9. The largest absolute Gasteiger partial charge is 0.497 e. The van der Waals surface area contributed by atoms with Gasteiger partial charge in [-0.1, -0.05) is 12.1 Å². The summed E-state index contributed by atoms with van der Waals surface area (Å²) in [5, 5.41) is 11.4. The average molecular weight is 275 g/mol. The molecule has 0 spiro atoms. The SMILES string of the molecule is COc1ccc(C(O)(C2CC2)C2CCN(C)CC2)cc1. The van der Waals surface area contributed by atoms with E-state index in [1.807, 2.05) is 12.1 Å². The van der Waals surface area contributed by atoms with Crippen LogP contribution in [0.3, 0.4) is 0 Å². The molecule has 0 bridgehead atoms. The fourth-order valence-electron chi connectivity index (χ4n) is 3.63. The van der Waals surface area contributed by atoms with Gasteiger partial charge in [0.1, 0.15) is 5.75 Å². The molecule has 0 aromatic heterocycles. The molecule has 2 fully saturated rings. The van der Waals surface area contributed by atoms with Gasteiger partial charge in [-0.3, -0.25) is 0 Å². The van der Waals surface area contributed by atoms with Crippen LogP contribution >= 0.6 is 0 Å². The molecule has 1 aliphatic carbocycles. The lowest BCUT2D eigenvalue weighted by Gasteiger charge is -2.41. The number of hydrogen-bond donors (Lipinski definition) is 1. The monoisotopic (exact) mass is 275 g/mol. The lowest BCUT2D eigenvalue weighted by atomic mass is 9.73. The Morgan fingerprint density at radius 3 is 2.10 bits per heavy atom. The van der Waals surface area contributed by atoms with Crippen LogP contribution in [0.2, 0.25) is 0 Å². The van der Waals surface area contributed by atoms with Crippen LogP contribution in [0.5, 0.6) is 5.75 Å². The van der Waals surface area contributed by atoms with E-state index in [0.29, 0.717) is 11.8 Å². The maximum Gasteiger partial charge on any atom is 0.118 e. The van der Waals surface area contributed by atoms with E-state index in [1.165, 1.54) is 0 Å². The van der Waals surface area contributed by atoms with Crippen LogP contribution in [0, 0.1) is 11.8 Å². The van der Waals surface area contributed by atoms with E-state index in [1.54, 1.807) is 7.11 Å². The summed E-state index contributed by atoms with van der Waals surface area (Å²) in [7, 11) is 3.85. The molecule has 1 saturated heterocycles. The number of aliphatic hydroxyl groups is 1. The first-order chi connectivity index (χ1) is 9.64. The molecule has 1 N–H and O–H groups in total. The number of benzene rings is 1. The van der Waals surface area contributed by atoms with Crippen molar-refractivity contribution in [3.63, 3.8) is 0 Å². The maximum atomic E-state index is 11.4. The highest BCUT2D eigenvalue weighted by atomic mass is 16.5. The van der Waals surface area contributed by atoms with Crippen LogP contribution in [0.1, 0.15) is 31.2 Å². The minimum Gasteiger partial charge on any atom is -0.497 e. The van der Waals surface area contributed by atoms with Gasteiger partial charge in [-0.25, -0.2) is 0 Å². The van der Waals surface area contributed by atoms with E-state index in [9.17, 15) is 5.11 Å². The number of hydrogen-bond acceptors (Lipinski definition) is 3. The Balaban J connectivity index is 1.86. The Morgan fingerprint density at radius 2 is 1.60 bits per heavy atom. The van der Waals surface area contributed by atoms with Gasteiger partial charge in [-0.05, 0) is 75.4 Å². The van der Waals surface area contributed by atoms with Crippen LogP contribution in [0.25, 0.3) is 0 Å². The van der Waals surface area contributed by atoms with Crippen molar-refractivity contribution in [3.8, 4) is 5.75 Å². The second-order valence-corrected chi connectivity index (χ2v) is 6.41. The third-order valence-corrected chi connectivity index (χ3v) is 5.09. The molecule has 1 aromatic carbocycles. The maximum absolute atomic E-state index is 11.4. The highest BCUT2D eigenvalue weighted by Crippen LogP contribution is 2.52. The minimum absolute atomic E-state index is 0.389. The van der Waals surface area contributed by atoms with Crippen molar-refractivity contribution in [1.29, 1.82) is 0 Å². The molecule has 110 valence electrons. The first-order valence-electron chi connectivity index (χ1n) is 7.70. The zero-order chi connectivity index (χ0) is 14.2. The van der Waals surface area contributed by atoms with Gasteiger partial charge < -0.3 is 14.7 Å². The van der Waals surface area contributed by atoms with Gasteiger partial charge in [-0.2, -0.15) is 0 Å². The topological polar surface area (TPSA) is 32.7 Å². The van der Waals surface area contributed by atoms with Crippen LogP contribution in [-0.2, 0) is 5.60 Å². The van der Waals surface area contributed by atoms with E-state index in [4.69, 9.17) is 4.74 Å². The standard InChI is InChI=1S/C17H25NO2/c1-18-11-9-15(10-12-18)17(19,13-3-4-13)14-5-7-16(20-2)8-6-14/h5-8,13,15,19H,3-4,9-12H2,1-2H3. The predicted molar refractivity (Wildman–Crippen MR) is 79.8 cm³/mol. The summed E-state index contributed by atoms with van der Waals surface area (Å²) in [5.41, 5.74) is 0.448. The summed E-state index contributed by atoms with van der Waals surface area (Å²) in [4.78, 5) is 2.36. The average Bonchev–Trinajstić information content (AvgIpc) is 3.32. The lowest BCUT2D eigenvalue weighted by Crippen LogP contribution is -2.43. The molecule has 1 aromatic rings. The molecule has 0 radical (unpaired) electrons. The quantitative estimate of drug-likeness (QED) is 0.917. The summed E-state index contributed by atoms with van der Waals surface area (Å²) in [6.07, 6.45) is 4.51. The second-order valence-electron chi connectivity index (χ2n) is 6.41. The molecule has 3 rings (SSSR count). The van der Waals surface area contributed by atoms with Crippen molar-refractivity contribution in [2.24, 2.45) is 11.8 Å². The van der Waals surface area contributed by atoms with Crippen molar-refractivity contribution in [2.75, 3.05) is 27.2 Å². The van der Waals surface area contributed by atoms with Crippen LogP contribution < -0.4 is 4.74 Å². The van der Waals surface area contributed by atoms with Crippen LogP contribution in [-0.4, -0.2) is 37.3 Å². The Hall–Kier alpha value is -1.06. The van der Waals surface area contributed by atoms with Gasteiger partial charge >= 0.3 is 0 Å². The van der Waals surface area contributed by atoms with E-state index in [2.05, 4.69) is 24.1 Å². The third kappa shape index (κ3) is 2.45. The van der Waals surface area contributed by atoms with Gasteiger partial charge in [0, 0.05) is 0 Å². The predicted octanol–water partition coefficient (Wildman–Crippen LogP) is 2.63. The van der Waals surface area contributed by atoms with Crippen molar-refractivity contribution in [2.45, 2.75) is 31.3 Å². The lowest BCUT2D eigenvalue weighted by molar-refractivity contribution is -0.0653. The summed E-state index contributed by atoms with van der Waals surface area (Å²) >= 11 is 0. The molecular weight excluding hydrogens is 250 g/mol. The van der Waals surface area contributed by atoms with Gasteiger partial charge in [-0.15, -0.1) is 0 Å². The van der Waals surface area contributed by atoms with Crippen LogP contribution in [0.15, 0.2) is 24.3 Å². The van der Waals surface area contributed by atoms with Crippen molar-refractivity contribution < 1.29 is 9.84 Å². The summed E-state index contributed by atoms with van der Waals surface area (Å²) in [5.74, 6) is 1.69. The highest BCUT2D eigenvalue weighted by molar-refractivity contribution is 5.33. The van der Waals surface area contributed by atoms with E-state index < -0.39 is 5.60 Å². The number of nitrogens with zero attached hydrogens (tertiary/aromatic N) is 1. The first-order valence-corrected chi connectivity index (χ1v) is 7.70. The highest BCUT2D eigenvalue weighted by Gasteiger charge is 2.50.